The molecule has 0 unspecified atom stereocenters. The van der Waals surface area contributed by atoms with Gasteiger partial charge < -0.3 is 14.2 Å². The molecule has 1 aliphatic carbocycles. The van der Waals surface area contributed by atoms with E-state index in [0.29, 0.717) is 12.0 Å². The van der Waals surface area contributed by atoms with Crippen LogP contribution in [0.2, 0.25) is 0 Å². The number of ether oxygens (including phenoxy) is 3. The fourth-order valence-corrected chi connectivity index (χ4v) is 2.95. The summed E-state index contributed by atoms with van der Waals surface area (Å²) in [5, 5.41) is 0. The number of rotatable bonds is 3. The average molecular weight is 288 g/mol. The van der Waals surface area contributed by atoms with Crippen molar-refractivity contribution < 1.29 is 23.8 Å². The number of fused-ring (bicyclic) bond motifs is 1. The van der Waals surface area contributed by atoms with Crippen molar-refractivity contribution in [3.8, 4) is 0 Å². The van der Waals surface area contributed by atoms with E-state index in [1.165, 1.54) is 14.2 Å². The van der Waals surface area contributed by atoms with E-state index in [2.05, 4.69) is 0 Å². The van der Waals surface area contributed by atoms with Crippen molar-refractivity contribution in [3.63, 3.8) is 0 Å². The molecule has 0 radical (unpaired) electrons. The van der Waals surface area contributed by atoms with Gasteiger partial charge >= 0.3 is 11.9 Å². The molecule has 1 heterocycles. The maximum atomic E-state index is 12.0. The monoisotopic (exact) mass is 288 g/mol. The number of esters is 2. The van der Waals surface area contributed by atoms with Gasteiger partial charge in [-0.1, -0.05) is 30.3 Å². The van der Waals surface area contributed by atoms with Crippen molar-refractivity contribution in [1.29, 1.82) is 0 Å². The second-order valence-corrected chi connectivity index (χ2v) is 5.20. The molecule has 3 atom stereocenters. The summed E-state index contributed by atoms with van der Waals surface area (Å²) in [5.41, 5.74) is 0.532. The molecule has 0 spiro atoms. The standard InChI is InChI=1S/C16H16O5/c1-19-14(17)11-8-13-16(21-13,15(18)20-2)9-12(11)10-6-4-3-5-7-10/h3-8,12-13H,9H2,1-2H3/t12-,13-,16+/m0/s1. The van der Waals surface area contributed by atoms with Crippen LogP contribution in [0.4, 0.5) is 0 Å². The van der Waals surface area contributed by atoms with Gasteiger partial charge in [-0.2, -0.15) is 0 Å². The Kier molecular flexibility index (Phi) is 3.29. The normalized spacial score (nSPS) is 29.9. The van der Waals surface area contributed by atoms with Gasteiger partial charge in [0.2, 0.25) is 0 Å². The zero-order valence-corrected chi connectivity index (χ0v) is 11.9. The van der Waals surface area contributed by atoms with Crippen molar-refractivity contribution in [2.45, 2.75) is 24.0 Å². The smallest absolute Gasteiger partial charge is 0.341 e. The van der Waals surface area contributed by atoms with Crippen LogP contribution in [0.5, 0.6) is 0 Å². The number of carbonyl (C=O) groups is 2. The zero-order chi connectivity index (χ0) is 15.0. The molecule has 0 N–H and O–H groups in total. The molecule has 0 aromatic heterocycles. The molecule has 2 aliphatic rings. The van der Waals surface area contributed by atoms with Crippen LogP contribution >= 0.6 is 0 Å². The van der Waals surface area contributed by atoms with E-state index < -0.39 is 23.6 Å². The fraction of sp³-hybridized carbons (Fsp3) is 0.375. The molecular weight excluding hydrogens is 272 g/mol. The second kappa shape index (κ2) is 5.00. The molecule has 110 valence electrons. The summed E-state index contributed by atoms with van der Waals surface area (Å²) in [7, 11) is 2.69. The Balaban J connectivity index is 1.99. The Labute approximate surface area is 122 Å². The van der Waals surface area contributed by atoms with Crippen LogP contribution in [-0.2, 0) is 23.8 Å². The van der Waals surface area contributed by atoms with Gasteiger partial charge in [0.15, 0.2) is 5.60 Å². The van der Waals surface area contributed by atoms with E-state index in [9.17, 15) is 9.59 Å². The molecule has 1 aliphatic heterocycles. The van der Waals surface area contributed by atoms with Gasteiger partial charge in [0.25, 0.3) is 0 Å². The van der Waals surface area contributed by atoms with Crippen LogP contribution in [-0.4, -0.2) is 37.9 Å². The topological polar surface area (TPSA) is 65.1 Å². The molecule has 21 heavy (non-hydrogen) atoms. The van der Waals surface area contributed by atoms with Crippen LogP contribution in [0, 0.1) is 0 Å². The molecule has 0 bridgehead atoms. The van der Waals surface area contributed by atoms with Gasteiger partial charge in [0, 0.05) is 17.9 Å². The Morgan fingerprint density at radius 1 is 1.19 bits per heavy atom. The van der Waals surface area contributed by atoms with E-state index in [0.717, 1.165) is 5.56 Å². The Morgan fingerprint density at radius 2 is 1.90 bits per heavy atom. The first-order valence-corrected chi connectivity index (χ1v) is 6.73. The predicted octanol–water partition coefficient (Wildman–Crippen LogP) is 1.58. The number of benzene rings is 1. The molecule has 1 aromatic carbocycles. The van der Waals surface area contributed by atoms with Crippen LogP contribution in [0.3, 0.4) is 0 Å². The molecule has 5 heteroatoms. The Bertz CT molecular complexity index is 606. The van der Waals surface area contributed by atoms with Gasteiger partial charge in [-0.15, -0.1) is 0 Å². The molecular formula is C16H16O5. The third-order valence-corrected chi connectivity index (χ3v) is 4.11. The van der Waals surface area contributed by atoms with Gasteiger partial charge in [-0.05, 0) is 11.6 Å². The first-order valence-electron chi connectivity index (χ1n) is 6.73. The minimum absolute atomic E-state index is 0.239. The molecule has 0 amide bonds. The summed E-state index contributed by atoms with van der Waals surface area (Å²) < 4.78 is 15.2. The summed E-state index contributed by atoms with van der Waals surface area (Å²) in [5.74, 6) is -1.03. The fourth-order valence-electron chi connectivity index (χ4n) is 2.95. The molecule has 1 saturated heterocycles. The average Bonchev–Trinajstić information content (AvgIpc) is 3.27. The van der Waals surface area contributed by atoms with Crippen LogP contribution in [0.25, 0.3) is 0 Å². The lowest BCUT2D eigenvalue weighted by Crippen LogP contribution is -2.35. The largest absolute Gasteiger partial charge is 0.467 e. The highest BCUT2D eigenvalue weighted by Crippen LogP contribution is 2.52. The lowest BCUT2D eigenvalue weighted by molar-refractivity contribution is -0.147. The quantitative estimate of drug-likeness (QED) is 0.624. The van der Waals surface area contributed by atoms with Crippen molar-refractivity contribution in [2.24, 2.45) is 0 Å². The van der Waals surface area contributed by atoms with E-state index in [-0.39, 0.29) is 5.92 Å². The highest BCUT2D eigenvalue weighted by molar-refractivity contribution is 5.93. The van der Waals surface area contributed by atoms with E-state index >= 15 is 0 Å². The predicted molar refractivity (Wildman–Crippen MR) is 73.5 cm³/mol. The summed E-state index contributed by atoms with van der Waals surface area (Å²) in [4.78, 5) is 24.0. The van der Waals surface area contributed by atoms with Gasteiger partial charge in [0.1, 0.15) is 6.10 Å². The number of hydrogen-bond donors (Lipinski definition) is 0. The zero-order valence-electron chi connectivity index (χ0n) is 11.9. The number of epoxide rings is 1. The van der Waals surface area contributed by atoms with Gasteiger partial charge in [0.05, 0.1) is 14.2 Å². The maximum Gasteiger partial charge on any atom is 0.341 e. The highest BCUT2D eigenvalue weighted by Gasteiger charge is 2.66. The minimum Gasteiger partial charge on any atom is -0.467 e. The SMILES string of the molecule is COC(=O)C1=C[C@@H]2O[C@]2(C(=O)OC)C[C@H]1c1ccccc1. The van der Waals surface area contributed by atoms with Gasteiger partial charge in [-0.25, -0.2) is 9.59 Å². The van der Waals surface area contributed by atoms with Gasteiger partial charge in [-0.3, -0.25) is 0 Å². The molecule has 1 fully saturated rings. The molecule has 3 rings (SSSR count). The van der Waals surface area contributed by atoms with E-state index in [1.54, 1.807) is 6.08 Å². The number of carbonyl (C=O) groups excluding carboxylic acids is 2. The van der Waals surface area contributed by atoms with Crippen molar-refractivity contribution in [3.05, 3.63) is 47.5 Å². The summed E-state index contributed by atoms with van der Waals surface area (Å²) >= 11 is 0. The first-order chi connectivity index (χ1) is 10.1. The van der Waals surface area contributed by atoms with Crippen molar-refractivity contribution >= 4 is 11.9 Å². The third kappa shape index (κ3) is 2.14. The summed E-state index contributed by atoms with van der Waals surface area (Å²) in [6, 6.07) is 9.55. The van der Waals surface area contributed by atoms with Crippen molar-refractivity contribution in [2.75, 3.05) is 14.2 Å². The lowest BCUT2D eigenvalue weighted by atomic mass is 9.77. The van der Waals surface area contributed by atoms with Crippen LogP contribution < -0.4 is 0 Å². The highest BCUT2D eigenvalue weighted by atomic mass is 16.7. The lowest BCUT2D eigenvalue weighted by Gasteiger charge is -2.25. The minimum atomic E-state index is -0.952. The Hall–Kier alpha value is -2.14. The first kappa shape index (κ1) is 13.8. The maximum absolute atomic E-state index is 12.0. The van der Waals surface area contributed by atoms with Crippen molar-refractivity contribution in [1.82, 2.24) is 0 Å². The number of hydrogen-bond acceptors (Lipinski definition) is 5. The molecule has 0 saturated carbocycles. The molecule has 1 aromatic rings. The molecule has 5 nitrogen and oxygen atoms in total. The van der Waals surface area contributed by atoms with E-state index in [1.807, 2.05) is 30.3 Å². The summed E-state index contributed by atoms with van der Waals surface area (Å²) in [6.45, 7) is 0. The van der Waals surface area contributed by atoms with Crippen LogP contribution in [0.1, 0.15) is 17.9 Å². The van der Waals surface area contributed by atoms with Crippen LogP contribution in [0.15, 0.2) is 42.0 Å². The van der Waals surface area contributed by atoms with E-state index in [4.69, 9.17) is 14.2 Å². The second-order valence-electron chi connectivity index (χ2n) is 5.20. The summed E-state index contributed by atoms with van der Waals surface area (Å²) in [6.07, 6.45) is 1.66. The Morgan fingerprint density at radius 3 is 2.52 bits per heavy atom. The number of methoxy groups -OCH3 is 2. The third-order valence-electron chi connectivity index (χ3n) is 4.11.